The normalized spacial score (nSPS) is 17.0. The molecule has 180 valence electrons. The standard InChI is InChI=1S/C25H21FN2O6S/c1-4-34-17-11-7-15(8-12-17)20(29)18-19(14-5-9-16(26)10-6-14)28(23(31)21(18)30)25-27-13(2)22(35-25)24(32)33-3/h5-12,19,29H,4H2,1-3H3/b20-18-. The number of carbonyl (C=O) groups excluding carboxylic acids is 3. The average Bonchev–Trinajstić information content (AvgIpc) is 3.36. The predicted octanol–water partition coefficient (Wildman–Crippen LogP) is 4.40. The van der Waals surface area contributed by atoms with E-state index >= 15 is 0 Å². The Morgan fingerprint density at radius 3 is 2.40 bits per heavy atom. The van der Waals surface area contributed by atoms with Crippen LogP contribution in [-0.4, -0.2) is 41.5 Å². The number of benzene rings is 2. The molecule has 0 radical (unpaired) electrons. The van der Waals surface area contributed by atoms with Crippen LogP contribution in [0.2, 0.25) is 0 Å². The molecular formula is C25H21FN2O6S. The van der Waals surface area contributed by atoms with Crippen molar-refractivity contribution in [1.82, 2.24) is 4.98 Å². The number of nitrogens with zero attached hydrogens (tertiary/aromatic N) is 2. The van der Waals surface area contributed by atoms with Crippen molar-refractivity contribution in [3.63, 3.8) is 0 Å². The first-order chi connectivity index (χ1) is 16.8. The van der Waals surface area contributed by atoms with Gasteiger partial charge in [-0.05, 0) is 55.8 Å². The van der Waals surface area contributed by atoms with E-state index in [1.54, 1.807) is 31.2 Å². The molecule has 0 spiro atoms. The zero-order valence-electron chi connectivity index (χ0n) is 19.1. The molecule has 0 aliphatic carbocycles. The quantitative estimate of drug-likeness (QED) is 0.233. The number of ketones is 1. The maximum Gasteiger partial charge on any atom is 0.350 e. The van der Waals surface area contributed by atoms with Gasteiger partial charge in [0, 0.05) is 5.56 Å². The molecule has 1 fully saturated rings. The molecule has 4 rings (SSSR count). The smallest absolute Gasteiger partial charge is 0.350 e. The van der Waals surface area contributed by atoms with Crippen LogP contribution < -0.4 is 9.64 Å². The summed E-state index contributed by atoms with van der Waals surface area (Å²) in [5, 5.41) is 11.2. The van der Waals surface area contributed by atoms with Gasteiger partial charge in [0.25, 0.3) is 5.78 Å². The topological polar surface area (TPSA) is 106 Å². The molecule has 1 aliphatic heterocycles. The lowest BCUT2D eigenvalue weighted by molar-refractivity contribution is -0.132. The van der Waals surface area contributed by atoms with E-state index in [9.17, 15) is 23.9 Å². The van der Waals surface area contributed by atoms with Crippen molar-refractivity contribution in [1.29, 1.82) is 0 Å². The first-order valence-corrected chi connectivity index (χ1v) is 11.4. The van der Waals surface area contributed by atoms with Crippen LogP contribution in [0.4, 0.5) is 9.52 Å². The second kappa shape index (κ2) is 9.67. The van der Waals surface area contributed by atoms with Gasteiger partial charge in [0.1, 0.15) is 22.2 Å². The van der Waals surface area contributed by atoms with Crippen LogP contribution in [0.25, 0.3) is 5.76 Å². The van der Waals surface area contributed by atoms with E-state index in [4.69, 9.17) is 9.47 Å². The van der Waals surface area contributed by atoms with Gasteiger partial charge in [0.05, 0.1) is 31.0 Å². The second-order valence-electron chi connectivity index (χ2n) is 7.58. The Balaban J connectivity index is 1.89. The molecule has 2 aromatic carbocycles. The van der Waals surface area contributed by atoms with Gasteiger partial charge in [-0.25, -0.2) is 14.2 Å². The minimum Gasteiger partial charge on any atom is -0.507 e. The Labute approximate surface area is 204 Å². The fourth-order valence-corrected chi connectivity index (χ4v) is 4.80. The largest absolute Gasteiger partial charge is 0.507 e. The number of ether oxygens (including phenoxy) is 2. The number of carbonyl (C=O) groups is 3. The summed E-state index contributed by atoms with van der Waals surface area (Å²) < 4.78 is 23.9. The number of halogens is 1. The van der Waals surface area contributed by atoms with Crippen molar-refractivity contribution < 1.29 is 33.4 Å². The van der Waals surface area contributed by atoms with E-state index in [2.05, 4.69) is 4.98 Å². The van der Waals surface area contributed by atoms with Crippen LogP contribution in [0.15, 0.2) is 54.1 Å². The molecule has 0 bridgehead atoms. The van der Waals surface area contributed by atoms with E-state index < -0.39 is 35.3 Å². The van der Waals surface area contributed by atoms with Crippen molar-refractivity contribution in [2.24, 2.45) is 0 Å². The highest BCUT2D eigenvalue weighted by molar-refractivity contribution is 7.17. The molecule has 0 saturated carbocycles. The number of anilines is 1. The Hall–Kier alpha value is -4.05. The number of aromatic nitrogens is 1. The molecule has 1 atom stereocenters. The van der Waals surface area contributed by atoms with Crippen LogP contribution in [0.3, 0.4) is 0 Å². The number of hydrogen-bond acceptors (Lipinski definition) is 8. The van der Waals surface area contributed by atoms with Crippen LogP contribution in [0.5, 0.6) is 5.75 Å². The molecule has 1 saturated heterocycles. The number of esters is 1. The molecule has 3 aromatic rings. The van der Waals surface area contributed by atoms with Gasteiger partial charge >= 0.3 is 11.9 Å². The number of amides is 1. The summed E-state index contributed by atoms with van der Waals surface area (Å²) in [6.45, 7) is 3.88. The fraction of sp³-hybridized carbons (Fsp3) is 0.200. The highest BCUT2D eigenvalue weighted by Gasteiger charge is 2.48. The van der Waals surface area contributed by atoms with Gasteiger partial charge in [0.15, 0.2) is 5.13 Å². The van der Waals surface area contributed by atoms with Crippen molar-refractivity contribution in [3.05, 3.63) is 81.6 Å². The van der Waals surface area contributed by atoms with Crippen LogP contribution in [0.1, 0.15) is 39.5 Å². The summed E-state index contributed by atoms with van der Waals surface area (Å²) in [6, 6.07) is 10.5. The number of hydrogen-bond donors (Lipinski definition) is 1. The zero-order valence-corrected chi connectivity index (χ0v) is 19.9. The van der Waals surface area contributed by atoms with E-state index in [1.165, 1.54) is 31.4 Å². The lowest BCUT2D eigenvalue weighted by Crippen LogP contribution is -2.29. The maximum atomic E-state index is 13.7. The van der Waals surface area contributed by atoms with Gasteiger partial charge in [-0.3, -0.25) is 14.5 Å². The minimum atomic E-state index is -1.10. The molecule has 10 heteroatoms. The van der Waals surface area contributed by atoms with E-state index in [-0.39, 0.29) is 15.6 Å². The van der Waals surface area contributed by atoms with Crippen molar-refractivity contribution in [3.8, 4) is 5.75 Å². The summed E-state index contributed by atoms with van der Waals surface area (Å²) in [4.78, 5) is 44.1. The Bertz CT molecular complexity index is 1330. The van der Waals surface area contributed by atoms with E-state index in [0.717, 1.165) is 16.2 Å². The lowest BCUT2D eigenvalue weighted by Gasteiger charge is -2.23. The van der Waals surface area contributed by atoms with Crippen LogP contribution >= 0.6 is 11.3 Å². The Kier molecular flexibility index (Phi) is 6.65. The molecule has 1 aliphatic rings. The molecule has 1 unspecified atom stereocenters. The minimum absolute atomic E-state index is 0.0741. The first-order valence-electron chi connectivity index (χ1n) is 10.6. The lowest BCUT2D eigenvalue weighted by atomic mass is 9.95. The van der Waals surface area contributed by atoms with Crippen molar-refractivity contribution in [2.75, 3.05) is 18.6 Å². The number of aliphatic hydroxyl groups is 1. The van der Waals surface area contributed by atoms with Gasteiger partial charge in [-0.2, -0.15) is 0 Å². The Morgan fingerprint density at radius 2 is 1.80 bits per heavy atom. The van der Waals surface area contributed by atoms with Gasteiger partial charge in [-0.15, -0.1) is 0 Å². The highest BCUT2D eigenvalue weighted by Crippen LogP contribution is 2.44. The fourth-order valence-electron chi connectivity index (χ4n) is 3.79. The molecule has 8 nitrogen and oxygen atoms in total. The van der Waals surface area contributed by atoms with Crippen molar-refractivity contribution >= 4 is 39.9 Å². The first kappa shape index (κ1) is 24.1. The second-order valence-corrected chi connectivity index (χ2v) is 8.56. The third-order valence-corrected chi connectivity index (χ3v) is 6.57. The summed E-state index contributed by atoms with van der Waals surface area (Å²) in [5.74, 6) is -2.82. The average molecular weight is 497 g/mol. The maximum absolute atomic E-state index is 13.7. The van der Waals surface area contributed by atoms with Crippen molar-refractivity contribution in [2.45, 2.75) is 19.9 Å². The molecule has 2 heterocycles. The number of rotatable bonds is 6. The monoisotopic (exact) mass is 496 g/mol. The predicted molar refractivity (Wildman–Crippen MR) is 127 cm³/mol. The SMILES string of the molecule is CCOc1ccc(/C(O)=C2/C(=O)C(=O)N(c3nc(C)c(C(=O)OC)s3)C2c2ccc(F)cc2)cc1. The third-order valence-electron chi connectivity index (χ3n) is 5.43. The molecular weight excluding hydrogens is 475 g/mol. The molecule has 1 aromatic heterocycles. The Morgan fingerprint density at radius 1 is 1.14 bits per heavy atom. The number of thiazole rings is 1. The summed E-state index contributed by atoms with van der Waals surface area (Å²) in [6.07, 6.45) is 0. The summed E-state index contributed by atoms with van der Waals surface area (Å²) >= 11 is 0.886. The highest BCUT2D eigenvalue weighted by atomic mass is 32.1. The number of methoxy groups -OCH3 is 1. The molecule has 1 amide bonds. The van der Waals surface area contributed by atoms with Gasteiger partial charge in [-0.1, -0.05) is 23.5 Å². The number of aliphatic hydroxyl groups excluding tert-OH is 1. The van der Waals surface area contributed by atoms with Gasteiger partial charge in [0.2, 0.25) is 0 Å². The third kappa shape index (κ3) is 4.40. The van der Waals surface area contributed by atoms with Crippen LogP contribution in [0, 0.1) is 12.7 Å². The number of Topliss-reactive ketones (excluding diaryl/α,β-unsaturated/α-hetero) is 1. The summed E-state index contributed by atoms with van der Waals surface area (Å²) in [5.41, 5.74) is 0.816. The zero-order chi connectivity index (χ0) is 25.3. The summed E-state index contributed by atoms with van der Waals surface area (Å²) in [7, 11) is 1.22. The molecule has 35 heavy (non-hydrogen) atoms. The van der Waals surface area contributed by atoms with Gasteiger partial charge < -0.3 is 14.6 Å². The van der Waals surface area contributed by atoms with E-state index in [0.29, 0.717) is 29.2 Å². The number of aryl methyl sites for hydroxylation is 1. The van der Waals surface area contributed by atoms with Crippen LogP contribution in [-0.2, 0) is 14.3 Å². The molecule has 1 N–H and O–H groups in total. The van der Waals surface area contributed by atoms with E-state index in [1.807, 2.05) is 6.92 Å².